The van der Waals surface area contributed by atoms with Gasteiger partial charge >= 0.3 is 12.6 Å². The molecule has 1 rings (SSSR count). The lowest BCUT2D eigenvalue weighted by Crippen LogP contribution is -2.13. The monoisotopic (exact) mass is 289 g/mol. The Bertz CT molecular complexity index is 493. The summed E-state index contributed by atoms with van der Waals surface area (Å²) in [6.45, 7) is -3.03. The lowest BCUT2D eigenvalue weighted by Gasteiger charge is -2.12. The highest BCUT2D eigenvalue weighted by Gasteiger charge is 2.12. The Morgan fingerprint density at radius 1 is 1.30 bits per heavy atom. The molecular weight excluding hydrogens is 276 g/mol. The van der Waals surface area contributed by atoms with Gasteiger partial charge in [0.25, 0.3) is 0 Å². The van der Waals surface area contributed by atoms with Crippen LogP contribution < -0.4 is 14.8 Å². The van der Waals surface area contributed by atoms with Gasteiger partial charge in [-0.2, -0.15) is 8.78 Å². The van der Waals surface area contributed by atoms with Crippen molar-refractivity contribution < 1.29 is 33.0 Å². The molecule has 0 radical (unpaired) electrons. The van der Waals surface area contributed by atoms with Crippen molar-refractivity contribution in [2.75, 3.05) is 12.4 Å². The molecule has 1 amide bonds. The first-order valence-electron chi connectivity index (χ1n) is 5.57. The van der Waals surface area contributed by atoms with Gasteiger partial charge in [-0.05, 0) is 12.1 Å². The van der Waals surface area contributed by atoms with Crippen LogP contribution in [0.15, 0.2) is 18.2 Å². The quantitative estimate of drug-likeness (QED) is 0.803. The second-order valence-electron chi connectivity index (χ2n) is 3.69. The molecule has 0 aliphatic heterocycles. The van der Waals surface area contributed by atoms with Crippen molar-refractivity contribution in [3.63, 3.8) is 0 Å². The van der Waals surface area contributed by atoms with Gasteiger partial charge in [-0.1, -0.05) is 0 Å². The summed E-state index contributed by atoms with van der Waals surface area (Å²) in [5.74, 6) is -1.77. The minimum Gasteiger partial charge on any atom is -0.493 e. The standard InChI is InChI=1S/C12H13F2NO5/c1-19-8-3-2-7(6-9(8)20-12(13)14)15-10(16)4-5-11(17)18/h2-3,6,12H,4-5H2,1H3,(H,15,16)(H,17,18). The summed E-state index contributed by atoms with van der Waals surface area (Å²) in [6, 6.07) is 3.95. The number of hydrogen-bond acceptors (Lipinski definition) is 4. The molecule has 6 nitrogen and oxygen atoms in total. The summed E-state index contributed by atoms with van der Waals surface area (Å²) < 4.78 is 33.5. The number of ether oxygens (including phenoxy) is 2. The molecule has 0 bridgehead atoms. The zero-order chi connectivity index (χ0) is 15.1. The highest BCUT2D eigenvalue weighted by molar-refractivity contribution is 5.92. The number of carbonyl (C=O) groups is 2. The fraction of sp³-hybridized carbons (Fsp3) is 0.333. The third kappa shape index (κ3) is 5.09. The molecule has 110 valence electrons. The molecule has 0 fully saturated rings. The molecule has 8 heteroatoms. The molecule has 0 aliphatic carbocycles. The molecule has 0 aromatic heterocycles. The van der Waals surface area contributed by atoms with Crippen LogP contribution in [0.4, 0.5) is 14.5 Å². The highest BCUT2D eigenvalue weighted by atomic mass is 19.3. The zero-order valence-corrected chi connectivity index (χ0v) is 10.6. The van der Waals surface area contributed by atoms with E-state index in [0.29, 0.717) is 0 Å². The van der Waals surface area contributed by atoms with E-state index in [1.165, 1.54) is 25.3 Å². The van der Waals surface area contributed by atoms with E-state index in [2.05, 4.69) is 10.1 Å². The van der Waals surface area contributed by atoms with Crippen molar-refractivity contribution in [2.24, 2.45) is 0 Å². The normalized spacial score (nSPS) is 10.2. The number of amides is 1. The lowest BCUT2D eigenvalue weighted by molar-refractivity contribution is -0.138. The smallest absolute Gasteiger partial charge is 0.387 e. The number of anilines is 1. The minimum absolute atomic E-state index is 0.0915. The van der Waals surface area contributed by atoms with Crippen molar-refractivity contribution in [1.29, 1.82) is 0 Å². The Hall–Kier alpha value is -2.38. The molecule has 2 N–H and O–H groups in total. The summed E-state index contributed by atoms with van der Waals surface area (Å²) in [4.78, 5) is 21.7. The van der Waals surface area contributed by atoms with E-state index in [1.807, 2.05) is 0 Å². The van der Waals surface area contributed by atoms with Crippen molar-refractivity contribution in [2.45, 2.75) is 19.5 Å². The number of carboxylic acids is 1. The van der Waals surface area contributed by atoms with Crippen LogP contribution in [0.3, 0.4) is 0 Å². The third-order valence-corrected chi connectivity index (χ3v) is 2.23. The van der Waals surface area contributed by atoms with E-state index in [-0.39, 0.29) is 30.0 Å². The number of hydrogen-bond donors (Lipinski definition) is 2. The number of alkyl halides is 2. The highest BCUT2D eigenvalue weighted by Crippen LogP contribution is 2.31. The summed E-state index contributed by atoms with van der Waals surface area (Å²) in [5, 5.41) is 10.8. The molecule has 0 atom stereocenters. The second-order valence-corrected chi connectivity index (χ2v) is 3.69. The largest absolute Gasteiger partial charge is 0.493 e. The SMILES string of the molecule is COc1ccc(NC(=O)CCC(=O)O)cc1OC(F)F. The second kappa shape index (κ2) is 7.27. The maximum Gasteiger partial charge on any atom is 0.387 e. The van der Waals surface area contributed by atoms with Crippen LogP contribution in [0.2, 0.25) is 0 Å². The van der Waals surface area contributed by atoms with Gasteiger partial charge in [0.05, 0.1) is 13.5 Å². The first-order chi connectivity index (χ1) is 9.42. The van der Waals surface area contributed by atoms with E-state index in [0.717, 1.165) is 0 Å². The van der Waals surface area contributed by atoms with Crippen LogP contribution in [-0.2, 0) is 9.59 Å². The van der Waals surface area contributed by atoms with Crippen molar-refractivity contribution in [1.82, 2.24) is 0 Å². The number of nitrogens with one attached hydrogen (secondary N) is 1. The molecule has 1 aromatic carbocycles. The molecule has 20 heavy (non-hydrogen) atoms. The number of carbonyl (C=O) groups excluding carboxylic acids is 1. The predicted octanol–water partition coefficient (Wildman–Crippen LogP) is 2.10. The maximum atomic E-state index is 12.2. The van der Waals surface area contributed by atoms with Gasteiger partial charge in [-0.25, -0.2) is 0 Å². The third-order valence-electron chi connectivity index (χ3n) is 2.23. The Morgan fingerprint density at radius 2 is 2.00 bits per heavy atom. The number of benzene rings is 1. The van der Waals surface area contributed by atoms with Crippen molar-refractivity contribution >= 4 is 17.6 Å². The fourth-order valence-corrected chi connectivity index (χ4v) is 1.39. The average Bonchev–Trinajstić information content (AvgIpc) is 2.36. The molecule has 0 aliphatic rings. The zero-order valence-electron chi connectivity index (χ0n) is 10.6. The first kappa shape index (κ1) is 15.7. The van der Waals surface area contributed by atoms with Crippen LogP contribution in [0.25, 0.3) is 0 Å². The predicted molar refractivity (Wildman–Crippen MR) is 65.1 cm³/mol. The van der Waals surface area contributed by atoms with Gasteiger partial charge in [-0.15, -0.1) is 0 Å². The summed E-state index contributed by atoms with van der Waals surface area (Å²) in [5.41, 5.74) is 0.205. The van der Waals surface area contributed by atoms with E-state index in [4.69, 9.17) is 9.84 Å². The summed E-state index contributed by atoms with van der Waals surface area (Å²) in [7, 11) is 1.29. The summed E-state index contributed by atoms with van der Waals surface area (Å²) in [6.07, 6.45) is -0.533. The number of aliphatic carboxylic acids is 1. The molecule has 0 spiro atoms. The Labute approximate surface area is 113 Å². The van der Waals surface area contributed by atoms with Crippen LogP contribution in [-0.4, -0.2) is 30.7 Å². The van der Waals surface area contributed by atoms with E-state index in [1.54, 1.807) is 0 Å². The number of carboxylic acid groups (broad SMARTS) is 1. The maximum absolute atomic E-state index is 12.2. The first-order valence-corrected chi connectivity index (χ1v) is 5.57. The Balaban J connectivity index is 2.75. The van der Waals surface area contributed by atoms with Gasteiger partial charge in [0.1, 0.15) is 0 Å². The van der Waals surface area contributed by atoms with Crippen LogP contribution in [0.5, 0.6) is 11.5 Å². The molecule has 0 heterocycles. The van der Waals surface area contributed by atoms with E-state index >= 15 is 0 Å². The van der Waals surface area contributed by atoms with Gasteiger partial charge in [-0.3, -0.25) is 9.59 Å². The molecule has 0 saturated heterocycles. The summed E-state index contributed by atoms with van der Waals surface area (Å²) >= 11 is 0. The van der Waals surface area contributed by atoms with Gasteiger partial charge < -0.3 is 19.9 Å². The van der Waals surface area contributed by atoms with E-state index in [9.17, 15) is 18.4 Å². The Morgan fingerprint density at radius 3 is 2.55 bits per heavy atom. The van der Waals surface area contributed by atoms with Gasteiger partial charge in [0.2, 0.25) is 5.91 Å². The van der Waals surface area contributed by atoms with Crippen LogP contribution in [0, 0.1) is 0 Å². The number of halogens is 2. The van der Waals surface area contributed by atoms with Gasteiger partial charge in [0, 0.05) is 18.2 Å². The fourth-order valence-electron chi connectivity index (χ4n) is 1.39. The topological polar surface area (TPSA) is 84.9 Å². The molecule has 1 aromatic rings. The molecule has 0 unspecified atom stereocenters. The molecular formula is C12H13F2NO5. The van der Waals surface area contributed by atoms with Gasteiger partial charge in [0.15, 0.2) is 11.5 Å². The van der Waals surface area contributed by atoms with Crippen LogP contribution in [0.1, 0.15) is 12.8 Å². The Kier molecular flexibility index (Phi) is 5.70. The minimum atomic E-state index is -3.03. The van der Waals surface area contributed by atoms with E-state index < -0.39 is 18.5 Å². The van der Waals surface area contributed by atoms with Crippen molar-refractivity contribution in [3.05, 3.63) is 18.2 Å². The lowest BCUT2D eigenvalue weighted by atomic mass is 10.2. The molecule has 0 saturated carbocycles. The average molecular weight is 289 g/mol. The van der Waals surface area contributed by atoms with Crippen LogP contribution >= 0.6 is 0 Å². The van der Waals surface area contributed by atoms with Crippen molar-refractivity contribution in [3.8, 4) is 11.5 Å². The number of methoxy groups -OCH3 is 1. The number of rotatable bonds is 7.